The minimum Gasteiger partial charge on any atom is -0.330 e. The number of carbonyl (C=O) groups excluding carboxylic acids is 1. The van der Waals surface area contributed by atoms with Crippen LogP contribution in [0.1, 0.15) is 19.8 Å². The number of nitrogens with zero attached hydrogens (tertiary/aromatic N) is 2. The van der Waals surface area contributed by atoms with Crippen molar-refractivity contribution in [2.45, 2.75) is 25.3 Å². The van der Waals surface area contributed by atoms with Crippen LogP contribution in [0.2, 0.25) is 0 Å². The molecule has 2 aliphatic rings. The molecule has 2 amide bonds. The summed E-state index contributed by atoms with van der Waals surface area (Å²) in [5.41, 5.74) is 0.980. The Bertz CT molecular complexity index is 452. The van der Waals surface area contributed by atoms with E-state index in [1.807, 2.05) is 35.2 Å². The largest absolute Gasteiger partial charge is 0.330 e. The molecule has 2 fully saturated rings. The zero-order chi connectivity index (χ0) is 13.3. The third kappa shape index (κ3) is 2.32. The second-order valence-electron chi connectivity index (χ2n) is 5.57. The number of piperidine rings is 1. The standard InChI is InChI=1S/C15H21N3O/c1-2-17-10-8-15(9-11-17)12-18(14(19)16-15)13-6-4-3-5-7-13/h3-7H,2,8-12H2,1H3,(H,16,19). The topological polar surface area (TPSA) is 35.6 Å². The molecule has 1 N–H and O–H groups in total. The van der Waals surface area contributed by atoms with E-state index in [2.05, 4.69) is 17.1 Å². The highest BCUT2D eigenvalue weighted by molar-refractivity contribution is 5.95. The van der Waals surface area contributed by atoms with E-state index in [0.717, 1.165) is 44.7 Å². The van der Waals surface area contributed by atoms with Gasteiger partial charge in [-0.2, -0.15) is 0 Å². The predicted octanol–water partition coefficient (Wildman–Crippen LogP) is 2.07. The fourth-order valence-electron chi connectivity index (χ4n) is 3.11. The smallest absolute Gasteiger partial charge is 0.322 e. The fraction of sp³-hybridized carbons (Fsp3) is 0.533. The number of benzene rings is 1. The number of urea groups is 1. The van der Waals surface area contributed by atoms with Crippen molar-refractivity contribution in [2.24, 2.45) is 0 Å². The van der Waals surface area contributed by atoms with Crippen molar-refractivity contribution in [3.05, 3.63) is 30.3 Å². The maximum Gasteiger partial charge on any atom is 0.322 e. The Morgan fingerprint density at radius 2 is 1.89 bits per heavy atom. The van der Waals surface area contributed by atoms with Gasteiger partial charge in [0.2, 0.25) is 0 Å². The van der Waals surface area contributed by atoms with Crippen LogP contribution in [0.5, 0.6) is 0 Å². The van der Waals surface area contributed by atoms with Crippen molar-refractivity contribution in [2.75, 3.05) is 31.1 Å². The Morgan fingerprint density at radius 1 is 1.21 bits per heavy atom. The minimum absolute atomic E-state index is 0.0153. The maximum absolute atomic E-state index is 12.2. The first-order chi connectivity index (χ1) is 9.22. The highest BCUT2D eigenvalue weighted by Crippen LogP contribution is 2.30. The van der Waals surface area contributed by atoms with Crippen LogP contribution in [-0.4, -0.2) is 42.6 Å². The molecule has 0 aromatic heterocycles. The van der Waals surface area contributed by atoms with Gasteiger partial charge in [-0.05, 0) is 31.5 Å². The summed E-state index contributed by atoms with van der Waals surface area (Å²) in [5.74, 6) is 0. The summed E-state index contributed by atoms with van der Waals surface area (Å²) in [6, 6.07) is 9.99. The van der Waals surface area contributed by atoms with Gasteiger partial charge in [0.15, 0.2) is 0 Å². The first-order valence-corrected chi connectivity index (χ1v) is 7.09. The third-order valence-corrected chi connectivity index (χ3v) is 4.41. The molecule has 2 aliphatic heterocycles. The lowest BCUT2D eigenvalue weighted by atomic mass is 9.88. The van der Waals surface area contributed by atoms with Crippen LogP contribution in [0, 0.1) is 0 Å². The number of likely N-dealkylation sites (tertiary alicyclic amines) is 1. The highest BCUT2D eigenvalue weighted by atomic mass is 16.2. The summed E-state index contributed by atoms with van der Waals surface area (Å²) in [7, 11) is 0. The van der Waals surface area contributed by atoms with Gasteiger partial charge >= 0.3 is 6.03 Å². The lowest BCUT2D eigenvalue weighted by molar-refractivity contribution is 0.163. The molecule has 19 heavy (non-hydrogen) atoms. The average molecular weight is 259 g/mol. The normalized spacial score (nSPS) is 22.8. The van der Waals surface area contributed by atoms with Gasteiger partial charge in [0.05, 0.1) is 12.1 Å². The predicted molar refractivity (Wildman–Crippen MR) is 76.4 cm³/mol. The van der Waals surface area contributed by atoms with Gasteiger partial charge in [-0.1, -0.05) is 25.1 Å². The molecule has 0 saturated carbocycles. The van der Waals surface area contributed by atoms with E-state index in [9.17, 15) is 4.79 Å². The lowest BCUT2D eigenvalue weighted by Crippen LogP contribution is -2.52. The van der Waals surface area contributed by atoms with Crippen molar-refractivity contribution in [1.29, 1.82) is 0 Å². The Morgan fingerprint density at radius 3 is 2.53 bits per heavy atom. The van der Waals surface area contributed by atoms with E-state index in [1.54, 1.807) is 0 Å². The van der Waals surface area contributed by atoms with Crippen LogP contribution in [-0.2, 0) is 0 Å². The van der Waals surface area contributed by atoms with E-state index < -0.39 is 0 Å². The quantitative estimate of drug-likeness (QED) is 0.882. The van der Waals surface area contributed by atoms with Gasteiger partial charge in [0.1, 0.15) is 0 Å². The van der Waals surface area contributed by atoms with Crippen LogP contribution >= 0.6 is 0 Å². The molecule has 0 radical (unpaired) electrons. The molecule has 0 unspecified atom stereocenters. The van der Waals surface area contributed by atoms with E-state index >= 15 is 0 Å². The molecule has 1 aromatic carbocycles. The molecule has 0 bridgehead atoms. The van der Waals surface area contributed by atoms with Crippen molar-refractivity contribution in [3.8, 4) is 0 Å². The van der Waals surface area contributed by atoms with Crippen LogP contribution in [0.25, 0.3) is 0 Å². The number of hydrogen-bond acceptors (Lipinski definition) is 2. The zero-order valence-corrected chi connectivity index (χ0v) is 11.4. The first-order valence-electron chi connectivity index (χ1n) is 7.09. The fourth-order valence-corrected chi connectivity index (χ4v) is 3.11. The number of carbonyl (C=O) groups is 1. The minimum atomic E-state index is -0.0153. The van der Waals surface area contributed by atoms with Crippen molar-refractivity contribution >= 4 is 11.7 Å². The Balaban J connectivity index is 1.74. The molecule has 3 rings (SSSR count). The number of para-hydroxylation sites is 1. The molecule has 4 nitrogen and oxygen atoms in total. The van der Waals surface area contributed by atoms with Gasteiger partial charge in [-0.15, -0.1) is 0 Å². The molecule has 4 heteroatoms. The molecule has 1 spiro atoms. The van der Waals surface area contributed by atoms with Gasteiger partial charge in [0.25, 0.3) is 0 Å². The first kappa shape index (κ1) is 12.5. The van der Waals surface area contributed by atoms with Crippen molar-refractivity contribution in [1.82, 2.24) is 10.2 Å². The summed E-state index contributed by atoms with van der Waals surface area (Å²) in [5, 5.41) is 3.22. The van der Waals surface area contributed by atoms with Gasteiger partial charge in [-0.25, -0.2) is 4.79 Å². The van der Waals surface area contributed by atoms with Crippen molar-refractivity contribution in [3.63, 3.8) is 0 Å². The monoisotopic (exact) mass is 259 g/mol. The van der Waals surface area contributed by atoms with Crippen LogP contribution in [0.4, 0.5) is 10.5 Å². The van der Waals surface area contributed by atoms with Gasteiger partial charge < -0.3 is 10.2 Å². The van der Waals surface area contributed by atoms with Gasteiger partial charge in [-0.3, -0.25) is 4.90 Å². The molecular weight excluding hydrogens is 238 g/mol. The van der Waals surface area contributed by atoms with Gasteiger partial charge in [0, 0.05) is 18.8 Å². The number of nitrogens with one attached hydrogen (secondary N) is 1. The second-order valence-corrected chi connectivity index (χ2v) is 5.57. The van der Waals surface area contributed by atoms with Crippen molar-refractivity contribution < 1.29 is 4.79 Å². The summed E-state index contributed by atoms with van der Waals surface area (Å²) in [4.78, 5) is 16.5. The maximum atomic E-state index is 12.2. The molecule has 2 heterocycles. The number of rotatable bonds is 2. The van der Waals surface area contributed by atoms with E-state index in [0.29, 0.717) is 0 Å². The third-order valence-electron chi connectivity index (χ3n) is 4.41. The number of hydrogen-bond donors (Lipinski definition) is 1. The van der Waals surface area contributed by atoms with Crippen LogP contribution in [0.15, 0.2) is 30.3 Å². The van der Waals surface area contributed by atoms with Crippen LogP contribution < -0.4 is 10.2 Å². The summed E-state index contributed by atoms with van der Waals surface area (Å²) in [6.07, 6.45) is 2.10. The lowest BCUT2D eigenvalue weighted by Gasteiger charge is -2.38. The molecule has 102 valence electrons. The van der Waals surface area contributed by atoms with Crippen LogP contribution in [0.3, 0.4) is 0 Å². The van der Waals surface area contributed by atoms with E-state index in [4.69, 9.17) is 0 Å². The van der Waals surface area contributed by atoms with E-state index in [-0.39, 0.29) is 11.6 Å². The SMILES string of the molecule is CCN1CCC2(CC1)CN(c1ccccc1)C(=O)N2. The molecule has 0 atom stereocenters. The highest BCUT2D eigenvalue weighted by Gasteiger charge is 2.44. The molecule has 2 saturated heterocycles. The second kappa shape index (κ2) is 4.85. The summed E-state index contributed by atoms with van der Waals surface area (Å²) in [6.45, 7) is 6.26. The summed E-state index contributed by atoms with van der Waals surface area (Å²) < 4.78 is 0. The summed E-state index contributed by atoms with van der Waals surface area (Å²) >= 11 is 0. The zero-order valence-electron chi connectivity index (χ0n) is 11.4. The Labute approximate surface area is 114 Å². The Kier molecular flexibility index (Phi) is 3.19. The molecule has 1 aromatic rings. The number of anilines is 1. The Hall–Kier alpha value is -1.55. The molecule has 0 aliphatic carbocycles. The molecular formula is C15H21N3O. The van der Waals surface area contributed by atoms with E-state index in [1.165, 1.54) is 0 Å². The number of amides is 2. The average Bonchev–Trinajstić information content (AvgIpc) is 2.77.